The van der Waals surface area contributed by atoms with E-state index in [-0.39, 0.29) is 5.02 Å². The van der Waals surface area contributed by atoms with Crippen molar-refractivity contribution < 1.29 is 4.39 Å². The van der Waals surface area contributed by atoms with Gasteiger partial charge in [-0.1, -0.05) is 49.7 Å². The number of nitriles is 1. The van der Waals surface area contributed by atoms with Gasteiger partial charge < -0.3 is 5.32 Å². The number of halogens is 2. The molecule has 1 heterocycles. The molecule has 0 spiro atoms. The summed E-state index contributed by atoms with van der Waals surface area (Å²) in [5, 5.41) is 15.0. The Balaban J connectivity index is 1.77. The Hall–Kier alpha value is -2.68. The minimum absolute atomic E-state index is 0.0226. The lowest BCUT2D eigenvalue weighted by Gasteiger charge is -2.05. The van der Waals surface area contributed by atoms with Gasteiger partial charge in [0.05, 0.1) is 10.7 Å². The highest BCUT2D eigenvalue weighted by atomic mass is 35.5. The summed E-state index contributed by atoms with van der Waals surface area (Å²) < 4.78 is 13.2. The van der Waals surface area contributed by atoms with E-state index in [0.29, 0.717) is 22.2 Å². The molecule has 6 heteroatoms. The first-order valence-electron chi connectivity index (χ1n) is 8.83. The monoisotopic (exact) mass is 411 g/mol. The smallest absolute Gasteiger partial charge is 0.141 e. The first kappa shape index (κ1) is 20.1. The second-order valence-corrected chi connectivity index (χ2v) is 8.04. The summed E-state index contributed by atoms with van der Waals surface area (Å²) in [5.74, 6) is 0.129. The molecule has 0 amide bonds. The number of aromatic nitrogens is 1. The molecular weight excluding hydrogens is 393 g/mol. The molecule has 1 N–H and O–H groups in total. The van der Waals surface area contributed by atoms with Crippen LogP contribution in [0.1, 0.15) is 24.4 Å². The molecule has 2 aromatic carbocycles. The van der Waals surface area contributed by atoms with Crippen LogP contribution in [0.5, 0.6) is 0 Å². The van der Waals surface area contributed by atoms with Crippen molar-refractivity contribution in [3.63, 3.8) is 0 Å². The Bertz CT molecular complexity index is 1030. The normalized spacial score (nSPS) is 11.5. The van der Waals surface area contributed by atoms with Crippen molar-refractivity contribution in [2.45, 2.75) is 20.3 Å². The number of rotatable bonds is 6. The third-order valence-corrected chi connectivity index (χ3v) is 5.22. The predicted octanol–water partition coefficient (Wildman–Crippen LogP) is 6.78. The minimum atomic E-state index is -0.485. The number of nitrogens with zero attached hydrogens (tertiary/aromatic N) is 2. The fourth-order valence-corrected chi connectivity index (χ4v) is 3.67. The van der Waals surface area contributed by atoms with E-state index in [1.165, 1.54) is 29.0 Å². The SMILES string of the molecule is CC(C)Cc1ccc(-c2csc(C(C#N)=CNc3ccc(F)c(Cl)c3)n2)cc1. The van der Waals surface area contributed by atoms with Crippen LogP contribution >= 0.6 is 22.9 Å². The van der Waals surface area contributed by atoms with Gasteiger partial charge in [-0.3, -0.25) is 0 Å². The fraction of sp³-hybridized carbons (Fsp3) is 0.182. The molecule has 0 saturated heterocycles. The Morgan fingerprint density at radius 2 is 2.04 bits per heavy atom. The van der Waals surface area contributed by atoms with E-state index >= 15 is 0 Å². The second kappa shape index (κ2) is 9.01. The number of hydrogen-bond donors (Lipinski definition) is 1. The topological polar surface area (TPSA) is 48.7 Å². The zero-order valence-electron chi connectivity index (χ0n) is 15.5. The molecule has 0 aliphatic rings. The summed E-state index contributed by atoms with van der Waals surface area (Å²) in [5.41, 5.74) is 4.14. The molecule has 3 nitrogen and oxygen atoms in total. The van der Waals surface area contributed by atoms with Crippen LogP contribution in [0.2, 0.25) is 5.02 Å². The lowest BCUT2D eigenvalue weighted by atomic mass is 10.0. The van der Waals surface area contributed by atoms with E-state index in [4.69, 9.17) is 11.6 Å². The number of benzene rings is 2. The van der Waals surface area contributed by atoms with Gasteiger partial charge in [0.1, 0.15) is 22.5 Å². The standard InChI is InChI=1S/C22H19ClFN3S/c1-14(2)9-15-3-5-16(6-4-15)21-13-28-22(27-21)17(11-25)12-26-18-7-8-20(24)19(23)10-18/h3-8,10,12-14,26H,9H2,1-2H3. The van der Waals surface area contributed by atoms with E-state index in [9.17, 15) is 9.65 Å². The van der Waals surface area contributed by atoms with Crippen molar-refractivity contribution in [1.29, 1.82) is 5.26 Å². The molecule has 0 aliphatic carbocycles. The molecule has 3 aromatic rings. The van der Waals surface area contributed by atoms with Gasteiger partial charge in [-0.2, -0.15) is 5.26 Å². The van der Waals surface area contributed by atoms with Crippen molar-refractivity contribution in [3.8, 4) is 17.3 Å². The Morgan fingerprint density at radius 1 is 1.29 bits per heavy atom. The van der Waals surface area contributed by atoms with E-state index in [2.05, 4.69) is 54.5 Å². The molecule has 142 valence electrons. The first-order chi connectivity index (χ1) is 13.5. The molecule has 0 bridgehead atoms. The number of hydrogen-bond acceptors (Lipinski definition) is 4. The Morgan fingerprint density at radius 3 is 2.68 bits per heavy atom. The summed E-state index contributed by atoms with van der Waals surface area (Å²) in [7, 11) is 0. The van der Waals surface area contributed by atoms with Crippen LogP contribution < -0.4 is 5.32 Å². The van der Waals surface area contributed by atoms with Crippen LogP contribution in [0.25, 0.3) is 16.8 Å². The van der Waals surface area contributed by atoms with Gasteiger partial charge in [-0.05, 0) is 36.1 Å². The Labute approximate surface area is 173 Å². The first-order valence-corrected chi connectivity index (χ1v) is 10.1. The maximum atomic E-state index is 13.2. The predicted molar refractivity (Wildman–Crippen MR) is 115 cm³/mol. The highest BCUT2D eigenvalue weighted by molar-refractivity contribution is 7.11. The summed E-state index contributed by atoms with van der Waals surface area (Å²) in [6, 6.07) is 14.8. The maximum absolute atomic E-state index is 13.2. The number of nitrogens with one attached hydrogen (secondary N) is 1. The van der Waals surface area contributed by atoms with Gasteiger partial charge in [0.2, 0.25) is 0 Å². The third kappa shape index (κ3) is 4.98. The summed E-state index contributed by atoms with van der Waals surface area (Å²) in [6.45, 7) is 4.40. The van der Waals surface area contributed by atoms with E-state index in [1.807, 2.05) is 5.38 Å². The average Bonchev–Trinajstić information content (AvgIpc) is 3.15. The minimum Gasteiger partial charge on any atom is -0.360 e. The van der Waals surface area contributed by atoms with Gasteiger partial charge in [0.25, 0.3) is 0 Å². The molecular formula is C22H19ClFN3S. The highest BCUT2D eigenvalue weighted by Gasteiger charge is 2.10. The number of thiazole rings is 1. The lowest BCUT2D eigenvalue weighted by molar-refractivity contribution is 0.628. The molecule has 0 radical (unpaired) electrons. The summed E-state index contributed by atoms with van der Waals surface area (Å²) in [4.78, 5) is 4.59. The molecule has 3 rings (SSSR count). The van der Waals surface area contributed by atoms with Crippen LogP contribution in [-0.2, 0) is 6.42 Å². The average molecular weight is 412 g/mol. The molecule has 0 aliphatic heterocycles. The summed E-state index contributed by atoms with van der Waals surface area (Å²) in [6.07, 6.45) is 2.60. The van der Waals surface area contributed by atoms with Crippen molar-refractivity contribution in [1.82, 2.24) is 4.98 Å². The highest BCUT2D eigenvalue weighted by Crippen LogP contribution is 2.27. The van der Waals surface area contributed by atoms with Crippen LogP contribution in [0, 0.1) is 23.1 Å². The van der Waals surface area contributed by atoms with Gasteiger partial charge >= 0.3 is 0 Å². The molecule has 0 unspecified atom stereocenters. The molecule has 0 fully saturated rings. The molecule has 0 saturated carbocycles. The van der Waals surface area contributed by atoms with E-state index in [1.54, 1.807) is 12.3 Å². The van der Waals surface area contributed by atoms with Crippen LogP contribution in [0.4, 0.5) is 10.1 Å². The van der Waals surface area contributed by atoms with Crippen LogP contribution in [-0.4, -0.2) is 4.98 Å². The van der Waals surface area contributed by atoms with Gasteiger partial charge in [-0.25, -0.2) is 9.37 Å². The third-order valence-electron chi connectivity index (χ3n) is 4.05. The van der Waals surface area contributed by atoms with Crippen LogP contribution in [0.3, 0.4) is 0 Å². The second-order valence-electron chi connectivity index (χ2n) is 6.78. The van der Waals surface area contributed by atoms with E-state index < -0.39 is 5.82 Å². The van der Waals surface area contributed by atoms with Gasteiger partial charge in [0, 0.05) is 22.8 Å². The number of allylic oxidation sites excluding steroid dienone is 1. The van der Waals surface area contributed by atoms with E-state index in [0.717, 1.165) is 17.7 Å². The van der Waals surface area contributed by atoms with Crippen molar-refractivity contribution in [2.75, 3.05) is 5.32 Å². The van der Waals surface area contributed by atoms with Crippen molar-refractivity contribution >= 4 is 34.2 Å². The molecule has 0 atom stereocenters. The zero-order valence-corrected chi connectivity index (χ0v) is 17.1. The van der Waals surface area contributed by atoms with Crippen molar-refractivity contribution in [2.24, 2.45) is 5.92 Å². The summed E-state index contributed by atoms with van der Waals surface area (Å²) >= 11 is 7.18. The zero-order chi connectivity index (χ0) is 20.1. The largest absolute Gasteiger partial charge is 0.360 e. The maximum Gasteiger partial charge on any atom is 0.141 e. The molecule has 28 heavy (non-hydrogen) atoms. The van der Waals surface area contributed by atoms with Crippen LogP contribution in [0.15, 0.2) is 54.0 Å². The molecule has 1 aromatic heterocycles. The number of anilines is 1. The quantitative estimate of drug-likeness (QED) is 0.455. The Kier molecular flexibility index (Phi) is 6.45. The fourth-order valence-electron chi connectivity index (χ4n) is 2.70. The lowest BCUT2D eigenvalue weighted by Crippen LogP contribution is -1.93. The van der Waals surface area contributed by atoms with Crippen molar-refractivity contribution in [3.05, 3.63) is 75.5 Å². The van der Waals surface area contributed by atoms with Gasteiger partial charge in [-0.15, -0.1) is 11.3 Å². The van der Waals surface area contributed by atoms with Gasteiger partial charge in [0.15, 0.2) is 0 Å².